The minimum atomic E-state index is -0.261. The van der Waals surface area contributed by atoms with E-state index in [-0.39, 0.29) is 5.82 Å². The summed E-state index contributed by atoms with van der Waals surface area (Å²) in [6.07, 6.45) is 2.10. The van der Waals surface area contributed by atoms with Crippen LogP contribution >= 0.6 is 11.3 Å². The first-order valence-corrected chi connectivity index (χ1v) is 11.2. The van der Waals surface area contributed by atoms with E-state index in [1.165, 1.54) is 22.2 Å². The molecule has 5 nitrogen and oxygen atoms in total. The molecule has 1 atom stereocenters. The number of hydrogen-bond acceptors (Lipinski definition) is 6. The molecule has 0 spiro atoms. The first-order valence-electron chi connectivity index (χ1n) is 10.4. The Morgan fingerprint density at radius 3 is 3.07 bits per heavy atom. The minimum Gasteiger partial charge on any atom is -0.385 e. The van der Waals surface area contributed by atoms with Crippen LogP contribution in [-0.2, 0) is 4.74 Å². The lowest BCUT2D eigenvalue weighted by molar-refractivity contribution is 0.182. The highest BCUT2D eigenvalue weighted by Crippen LogP contribution is 2.43. The lowest BCUT2D eigenvalue weighted by Gasteiger charge is -2.36. The Kier molecular flexibility index (Phi) is 5.41. The molecule has 5 rings (SSSR count). The summed E-state index contributed by atoms with van der Waals surface area (Å²) in [4.78, 5) is 7.45. The molecule has 2 aliphatic rings. The van der Waals surface area contributed by atoms with Crippen LogP contribution in [0, 0.1) is 5.82 Å². The summed E-state index contributed by atoms with van der Waals surface area (Å²) in [5, 5.41) is 9.30. The third kappa shape index (κ3) is 3.69. The number of methoxy groups -OCH3 is 1. The minimum absolute atomic E-state index is 0.261. The van der Waals surface area contributed by atoms with Crippen LogP contribution in [0.25, 0.3) is 10.1 Å². The van der Waals surface area contributed by atoms with Gasteiger partial charge >= 0.3 is 0 Å². The van der Waals surface area contributed by atoms with Crippen molar-refractivity contribution in [1.82, 2.24) is 10.2 Å². The first kappa shape index (κ1) is 19.5. The quantitative estimate of drug-likeness (QED) is 0.587. The monoisotopic (exact) mass is 424 g/mol. The molecule has 3 aromatic rings. The van der Waals surface area contributed by atoms with Crippen molar-refractivity contribution in [1.29, 1.82) is 0 Å². The van der Waals surface area contributed by atoms with Crippen LogP contribution in [0.4, 0.5) is 20.8 Å². The number of amidine groups is 1. The number of nitrogens with one attached hydrogen (secondary N) is 2. The Bertz CT molecular complexity index is 1100. The van der Waals surface area contributed by atoms with Crippen LogP contribution in [0.5, 0.6) is 0 Å². The van der Waals surface area contributed by atoms with Gasteiger partial charge in [-0.3, -0.25) is 0 Å². The van der Waals surface area contributed by atoms with Crippen molar-refractivity contribution in [3.05, 3.63) is 53.8 Å². The number of halogens is 1. The molecule has 1 fully saturated rings. The highest BCUT2D eigenvalue weighted by molar-refractivity contribution is 7.23. The number of aliphatic imine (C=N–C) groups is 1. The van der Waals surface area contributed by atoms with Gasteiger partial charge in [0.1, 0.15) is 16.7 Å². The predicted octanol–water partition coefficient (Wildman–Crippen LogP) is 4.88. The summed E-state index contributed by atoms with van der Waals surface area (Å²) in [5.74, 6) is 0.710. The molecule has 2 N–H and O–H groups in total. The molecule has 0 amide bonds. The fourth-order valence-electron chi connectivity index (χ4n) is 4.27. The van der Waals surface area contributed by atoms with Crippen molar-refractivity contribution in [3.8, 4) is 0 Å². The molecule has 1 saturated heterocycles. The van der Waals surface area contributed by atoms with Gasteiger partial charge in [0.15, 0.2) is 0 Å². The first-order chi connectivity index (χ1) is 14.7. The topological polar surface area (TPSA) is 48.9 Å². The van der Waals surface area contributed by atoms with Gasteiger partial charge in [0, 0.05) is 49.5 Å². The molecule has 1 aromatic heterocycles. The normalized spacial score (nSPS) is 18.4. The highest BCUT2D eigenvalue weighted by Gasteiger charge is 2.29. The van der Waals surface area contributed by atoms with E-state index in [0.29, 0.717) is 11.7 Å². The maximum absolute atomic E-state index is 13.9. The molecule has 30 heavy (non-hydrogen) atoms. The van der Waals surface area contributed by atoms with Crippen molar-refractivity contribution >= 4 is 43.6 Å². The number of piperazine rings is 1. The SMILES string of the molecule is COCCCC1CN(C2=Nc3ccc(F)cc3Nc3sc4ccccc4c32)CCN1. The van der Waals surface area contributed by atoms with Crippen molar-refractivity contribution in [2.24, 2.45) is 4.99 Å². The summed E-state index contributed by atoms with van der Waals surface area (Å²) in [6.45, 7) is 3.47. The van der Waals surface area contributed by atoms with Gasteiger partial charge in [0.2, 0.25) is 0 Å². The van der Waals surface area contributed by atoms with E-state index in [2.05, 4.69) is 39.8 Å². The zero-order valence-corrected chi connectivity index (χ0v) is 17.8. The van der Waals surface area contributed by atoms with Gasteiger partial charge in [-0.15, -0.1) is 11.3 Å². The number of rotatable bonds is 4. The Morgan fingerprint density at radius 2 is 2.17 bits per heavy atom. The molecular weight excluding hydrogens is 399 g/mol. The van der Waals surface area contributed by atoms with Gasteiger partial charge in [-0.05, 0) is 37.1 Å². The van der Waals surface area contributed by atoms with Gasteiger partial charge in [0.25, 0.3) is 0 Å². The van der Waals surface area contributed by atoms with E-state index < -0.39 is 0 Å². The largest absolute Gasteiger partial charge is 0.385 e. The van der Waals surface area contributed by atoms with Crippen LogP contribution < -0.4 is 10.6 Å². The summed E-state index contributed by atoms with van der Waals surface area (Å²) in [5.41, 5.74) is 2.60. The molecule has 2 aromatic carbocycles. The Hall–Kier alpha value is -2.48. The van der Waals surface area contributed by atoms with E-state index in [0.717, 1.165) is 61.2 Å². The summed E-state index contributed by atoms with van der Waals surface area (Å²) < 4.78 is 20.4. The molecule has 7 heteroatoms. The average Bonchev–Trinajstić information content (AvgIpc) is 3.03. The second kappa shape index (κ2) is 8.34. The lowest BCUT2D eigenvalue weighted by Crippen LogP contribution is -2.52. The molecule has 0 aliphatic carbocycles. The molecular formula is C23H25FN4OS. The van der Waals surface area contributed by atoms with Crippen LogP contribution in [-0.4, -0.2) is 50.1 Å². The van der Waals surface area contributed by atoms with Crippen LogP contribution in [0.2, 0.25) is 0 Å². The summed E-state index contributed by atoms with van der Waals surface area (Å²) in [6, 6.07) is 13.6. The maximum atomic E-state index is 13.9. The van der Waals surface area contributed by atoms with Gasteiger partial charge in [-0.25, -0.2) is 9.38 Å². The number of ether oxygens (including phenoxy) is 1. The smallest absolute Gasteiger partial charge is 0.140 e. The van der Waals surface area contributed by atoms with Crippen LogP contribution in [0.3, 0.4) is 0 Å². The second-order valence-electron chi connectivity index (χ2n) is 7.76. The number of anilines is 2. The van der Waals surface area contributed by atoms with Crippen molar-refractivity contribution in [3.63, 3.8) is 0 Å². The zero-order valence-electron chi connectivity index (χ0n) is 17.0. The van der Waals surface area contributed by atoms with Gasteiger partial charge < -0.3 is 20.3 Å². The molecule has 0 radical (unpaired) electrons. The maximum Gasteiger partial charge on any atom is 0.140 e. The van der Waals surface area contributed by atoms with E-state index in [1.807, 2.05) is 0 Å². The number of hydrogen-bond donors (Lipinski definition) is 2. The number of benzene rings is 2. The second-order valence-corrected chi connectivity index (χ2v) is 8.81. The van der Waals surface area contributed by atoms with E-state index in [1.54, 1.807) is 24.5 Å². The molecule has 1 unspecified atom stereocenters. The fourth-order valence-corrected chi connectivity index (χ4v) is 5.38. The van der Waals surface area contributed by atoms with Gasteiger partial charge in [0.05, 0.1) is 16.9 Å². The fraction of sp³-hybridized carbons (Fsp3) is 0.348. The van der Waals surface area contributed by atoms with Crippen molar-refractivity contribution in [2.75, 3.05) is 38.7 Å². The summed E-state index contributed by atoms with van der Waals surface area (Å²) in [7, 11) is 1.75. The molecule has 3 heterocycles. The molecule has 0 saturated carbocycles. The standard InChI is InChI=1S/C23H25FN4OS/c1-29-12-4-5-16-14-28(11-10-25-16)22-21-17-6-2-3-7-20(17)30-23(21)27-19-13-15(24)8-9-18(19)26-22/h2-3,6-9,13,16,25,27H,4-5,10-12,14H2,1H3. The third-order valence-electron chi connectivity index (χ3n) is 5.71. The van der Waals surface area contributed by atoms with Gasteiger partial charge in [-0.2, -0.15) is 0 Å². The van der Waals surface area contributed by atoms with Gasteiger partial charge in [-0.1, -0.05) is 18.2 Å². The zero-order chi connectivity index (χ0) is 20.5. The average molecular weight is 425 g/mol. The van der Waals surface area contributed by atoms with E-state index in [9.17, 15) is 4.39 Å². The lowest BCUT2D eigenvalue weighted by atomic mass is 10.1. The number of fused-ring (bicyclic) bond motifs is 4. The van der Waals surface area contributed by atoms with Crippen LogP contribution in [0.15, 0.2) is 47.5 Å². The molecule has 0 bridgehead atoms. The van der Waals surface area contributed by atoms with Crippen LogP contribution in [0.1, 0.15) is 18.4 Å². The highest BCUT2D eigenvalue weighted by atomic mass is 32.1. The molecule has 156 valence electrons. The van der Waals surface area contributed by atoms with Crippen molar-refractivity contribution < 1.29 is 9.13 Å². The summed E-state index contributed by atoms with van der Waals surface area (Å²) >= 11 is 1.69. The number of thiophene rings is 1. The molecule has 2 aliphatic heterocycles. The number of nitrogens with zero attached hydrogens (tertiary/aromatic N) is 2. The third-order valence-corrected chi connectivity index (χ3v) is 6.79. The Balaban J connectivity index is 1.57. The van der Waals surface area contributed by atoms with Crippen molar-refractivity contribution in [2.45, 2.75) is 18.9 Å². The van der Waals surface area contributed by atoms with E-state index >= 15 is 0 Å². The predicted molar refractivity (Wildman–Crippen MR) is 122 cm³/mol. The van der Waals surface area contributed by atoms with E-state index in [4.69, 9.17) is 9.73 Å². The Labute approximate surface area is 179 Å². The Morgan fingerprint density at radius 1 is 1.27 bits per heavy atom.